The van der Waals surface area contributed by atoms with E-state index in [0.29, 0.717) is 23.5 Å². The molecule has 0 atom stereocenters. The Balaban J connectivity index is 1.48. The first-order valence-electron chi connectivity index (χ1n) is 16.9. The predicted molar refractivity (Wildman–Crippen MR) is 181 cm³/mol. The summed E-state index contributed by atoms with van der Waals surface area (Å²) in [7, 11) is -5.61. The summed E-state index contributed by atoms with van der Waals surface area (Å²) in [5, 5.41) is 9.65. The van der Waals surface area contributed by atoms with Gasteiger partial charge in [0.15, 0.2) is 23.3 Å². The minimum absolute atomic E-state index is 0.00318. The minimum Gasteiger partial charge on any atom is -0.492 e. The summed E-state index contributed by atoms with van der Waals surface area (Å²) < 4.78 is 134. The third-order valence-electron chi connectivity index (χ3n) is 9.24. The molecule has 1 amide bonds. The fourth-order valence-corrected chi connectivity index (χ4v) is 7.67. The van der Waals surface area contributed by atoms with Gasteiger partial charge in [0, 0.05) is 12.6 Å². The number of carboxylic acid groups (broad SMARTS) is 1. The van der Waals surface area contributed by atoms with Crippen LogP contribution >= 0.6 is 0 Å². The molecule has 0 aromatic heterocycles. The lowest BCUT2D eigenvalue weighted by Gasteiger charge is -2.29. The third-order valence-corrected chi connectivity index (χ3v) is 11.0. The first kappa shape index (κ1) is 38.8. The zero-order chi connectivity index (χ0) is 39.1. The fourth-order valence-electron chi connectivity index (χ4n) is 6.24. The van der Waals surface area contributed by atoms with E-state index in [1.54, 1.807) is 6.92 Å². The first-order valence-corrected chi connectivity index (χ1v) is 18.4. The highest BCUT2D eigenvalue weighted by Gasteiger charge is 2.39. The van der Waals surface area contributed by atoms with E-state index in [0.717, 1.165) is 66.0 Å². The molecule has 4 aromatic carbocycles. The smallest absolute Gasteiger partial charge is 0.416 e. The van der Waals surface area contributed by atoms with E-state index >= 15 is 4.39 Å². The van der Waals surface area contributed by atoms with Crippen molar-refractivity contribution in [2.45, 2.75) is 68.6 Å². The van der Waals surface area contributed by atoms with Crippen molar-refractivity contribution in [1.82, 2.24) is 4.31 Å². The average molecular weight is 779 g/mol. The Morgan fingerprint density at radius 3 is 2.04 bits per heavy atom. The Morgan fingerprint density at radius 2 is 1.46 bits per heavy atom. The highest BCUT2D eigenvalue weighted by atomic mass is 32.2. The van der Waals surface area contributed by atoms with Crippen LogP contribution in [0.4, 0.5) is 36.4 Å². The molecule has 2 fully saturated rings. The number of benzene rings is 4. The molecule has 0 heterocycles. The summed E-state index contributed by atoms with van der Waals surface area (Å²) >= 11 is 0. The topological polar surface area (TPSA) is 104 Å². The van der Waals surface area contributed by atoms with Gasteiger partial charge in [-0.2, -0.15) is 17.5 Å². The number of carboxylic acids is 1. The quantitative estimate of drug-likeness (QED) is 0.0782. The Labute approximate surface area is 305 Å². The minimum atomic E-state index is -5.61. The van der Waals surface area contributed by atoms with E-state index in [4.69, 9.17) is 4.74 Å². The molecule has 2 aliphatic rings. The van der Waals surface area contributed by atoms with Gasteiger partial charge in [0.1, 0.15) is 10.6 Å². The van der Waals surface area contributed by atoms with Gasteiger partial charge >= 0.3 is 12.1 Å². The van der Waals surface area contributed by atoms with Crippen LogP contribution < -0.4 is 9.64 Å². The van der Waals surface area contributed by atoms with Crippen molar-refractivity contribution in [1.29, 1.82) is 0 Å². The molecule has 4 aromatic rings. The van der Waals surface area contributed by atoms with Crippen LogP contribution in [0.25, 0.3) is 0 Å². The molecule has 0 bridgehead atoms. The molecular weight excluding hydrogens is 745 g/mol. The van der Waals surface area contributed by atoms with Crippen molar-refractivity contribution >= 4 is 27.6 Å². The number of anilines is 1. The number of amides is 1. The molecular formula is C38H33F7N2O6S. The van der Waals surface area contributed by atoms with Crippen LogP contribution in [-0.4, -0.2) is 42.9 Å². The number of ether oxygens (including phenoxy) is 1. The van der Waals surface area contributed by atoms with Gasteiger partial charge in [-0.15, -0.1) is 0 Å². The Hall–Kier alpha value is -4.96. The first-order chi connectivity index (χ1) is 25.5. The largest absolute Gasteiger partial charge is 0.492 e. The number of alkyl halides is 3. The lowest BCUT2D eigenvalue weighted by Crippen LogP contribution is -2.43. The van der Waals surface area contributed by atoms with E-state index in [1.165, 1.54) is 12.1 Å². The summed E-state index contributed by atoms with van der Waals surface area (Å²) in [4.78, 5) is 25.7. The van der Waals surface area contributed by atoms with Crippen molar-refractivity contribution < 1.29 is 58.6 Å². The Bertz CT molecular complexity index is 2190. The lowest BCUT2D eigenvalue weighted by molar-refractivity contribution is -0.138. The number of carbonyl (C=O) groups excluding carboxylic acids is 1. The number of aromatic carboxylic acids is 1. The maximum atomic E-state index is 15.1. The van der Waals surface area contributed by atoms with Crippen LogP contribution in [0.1, 0.15) is 82.6 Å². The third kappa shape index (κ3) is 8.23. The number of hydrogen-bond donors (Lipinski definition) is 1. The van der Waals surface area contributed by atoms with E-state index in [9.17, 15) is 49.5 Å². The summed E-state index contributed by atoms with van der Waals surface area (Å²) in [5.74, 6) is -11.2. The molecule has 16 heteroatoms. The monoisotopic (exact) mass is 778 g/mol. The van der Waals surface area contributed by atoms with E-state index in [1.807, 2.05) is 12.1 Å². The lowest BCUT2D eigenvalue weighted by atomic mass is 9.99. The molecule has 1 N–H and O–H groups in total. The van der Waals surface area contributed by atoms with Gasteiger partial charge in [-0.3, -0.25) is 4.79 Å². The van der Waals surface area contributed by atoms with Crippen LogP contribution in [0.2, 0.25) is 0 Å². The zero-order valence-electron chi connectivity index (χ0n) is 28.6. The molecule has 2 saturated carbocycles. The Kier molecular flexibility index (Phi) is 10.8. The molecule has 0 radical (unpaired) electrons. The molecule has 286 valence electrons. The molecule has 8 nitrogen and oxygen atoms in total. The number of sulfonamides is 1. The summed E-state index contributed by atoms with van der Waals surface area (Å²) in [6, 6.07) is 13.0. The number of carbonyl (C=O) groups is 2. The standard InChI is InChI=1S/C38H33F7N2O6S/c1-2-53-31-16-24(37(49)50)11-12-30(31)47(18-21-13-26(22-7-8-22)15-27(14-21)23-9-10-23)33(48)20-46(19-25-5-3-4-6-28(25)38(43,44)45)54(51,52)32-17-29(39)34(40)36(42)35(32)41/h3-6,11-17,22-23H,2,7-10,18-20H2,1H3,(H,49,50). The van der Waals surface area contributed by atoms with Gasteiger partial charge in [0.25, 0.3) is 0 Å². The summed E-state index contributed by atoms with van der Waals surface area (Å²) in [5.41, 5.74) is 0.404. The van der Waals surface area contributed by atoms with Gasteiger partial charge < -0.3 is 14.7 Å². The van der Waals surface area contributed by atoms with E-state index in [2.05, 4.69) is 6.07 Å². The Morgan fingerprint density at radius 1 is 0.833 bits per heavy atom. The maximum Gasteiger partial charge on any atom is 0.416 e. The predicted octanol–water partition coefficient (Wildman–Crippen LogP) is 8.54. The number of halogens is 7. The number of hydrogen-bond acceptors (Lipinski definition) is 5. The SMILES string of the molecule is CCOc1cc(C(=O)O)ccc1N(Cc1cc(C2CC2)cc(C2CC2)c1)C(=O)CN(Cc1ccccc1C(F)(F)F)S(=O)(=O)c1cc(F)c(F)c(F)c1F. The molecule has 0 unspecified atom stereocenters. The number of nitrogens with zero attached hydrogens (tertiary/aromatic N) is 2. The highest BCUT2D eigenvalue weighted by molar-refractivity contribution is 7.89. The van der Waals surface area contributed by atoms with E-state index in [-0.39, 0.29) is 40.5 Å². The normalized spacial score (nSPS) is 14.7. The molecule has 0 spiro atoms. The average Bonchev–Trinajstić information content (AvgIpc) is 4.05. The van der Waals surface area contributed by atoms with Crippen molar-refractivity contribution in [3.8, 4) is 5.75 Å². The second kappa shape index (κ2) is 15.1. The van der Waals surface area contributed by atoms with Crippen molar-refractivity contribution in [2.24, 2.45) is 0 Å². The van der Waals surface area contributed by atoms with Gasteiger partial charge in [-0.25, -0.2) is 30.8 Å². The van der Waals surface area contributed by atoms with Crippen LogP contribution in [0, 0.1) is 23.3 Å². The van der Waals surface area contributed by atoms with Crippen LogP contribution in [0.3, 0.4) is 0 Å². The number of rotatable bonds is 14. The van der Waals surface area contributed by atoms with Gasteiger partial charge in [0.2, 0.25) is 15.9 Å². The maximum absolute atomic E-state index is 15.1. The molecule has 0 aliphatic heterocycles. The highest BCUT2D eigenvalue weighted by Crippen LogP contribution is 2.46. The van der Waals surface area contributed by atoms with Crippen LogP contribution in [0.5, 0.6) is 5.75 Å². The second-order valence-corrected chi connectivity index (χ2v) is 15.1. The molecule has 0 saturated heterocycles. The van der Waals surface area contributed by atoms with Gasteiger partial charge in [-0.05, 0) is 91.0 Å². The molecule has 54 heavy (non-hydrogen) atoms. The van der Waals surface area contributed by atoms with Gasteiger partial charge in [-0.1, -0.05) is 36.4 Å². The van der Waals surface area contributed by atoms with Crippen molar-refractivity contribution in [2.75, 3.05) is 18.1 Å². The molecule has 6 rings (SSSR count). The van der Waals surface area contributed by atoms with Crippen LogP contribution in [-0.2, 0) is 34.1 Å². The van der Waals surface area contributed by atoms with Crippen molar-refractivity contribution in [3.63, 3.8) is 0 Å². The van der Waals surface area contributed by atoms with E-state index < -0.39 is 80.5 Å². The molecule has 2 aliphatic carbocycles. The van der Waals surface area contributed by atoms with Gasteiger partial charge in [0.05, 0.1) is 36.5 Å². The summed E-state index contributed by atoms with van der Waals surface area (Å²) in [6.07, 6.45) is -1.21. The fraction of sp³-hybridized carbons (Fsp3) is 0.316. The van der Waals surface area contributed by atoms with Crippen molar-refractivity contribution in [3.05, 3.63) is 123 Å². The second-order valence-electron chi connectivity index (χ2n) is 13.2. The summed E-state index contributed by atoms with van der Waals surface area (Å²) in [6.45, 7) is -1.23. The zero-order valence-corrected chi connectivity index (χ0v) is 29.4. The van der Waals surface area contributed by atoms with Crippen LogP contribution in [0.15, 0.2) is 71.6 Å².